The number of imidazole rings is 1. The third kappa shape index (κ3) is 3.41. The molecule has 0 unspecified atom stereocenters. The zero-order valence-electron chi connectivity index (χ0n) is 10.3. The fraction of sp³-hybridized carbons (Fsp3) is 0.154. The third-order valence-electron chi connectivity index (χ3n) is 2.31. The second-order valence-electron chi connectivity index (χ2n) is 3.78. The molecule has 2 rings (SSSR count). The van der Waals surface area contributed by atoms with Gasteiger partial charge >= 0.3 is 11.9 Å². The first-order valence-electron chi connectivity index (χ1n) is 5.63. The van der Waals surface area contributed by atoms with Gasteiger partial charge in [0.25, 0.3) is 0 Å². The number of hydrogen-bond acceptors (Lipinski definition) is 4. The maximum absolute atomic E-state index is 11.9. The molecule has 1 N–H and O–H groups in total. The maximum Gasteiger partial charge on any atom is 0.345 e. The van der Waals surface area contributed by atoms with E-state index in [1.54, 1.807) is 47.6 Å². The summed E-state index contributed by atoms with van der Waals surface area (Å²) >= 11 is 0. The molecule has 6 heteroatoms. The second-order valence-corrected chi connectivity index (χ2v) is 3.78. The lowest BCUT2D eigenvalue weighted by Gasteiger charge is -2.07. The number of aromatic amines is 1. The summed E-state index contributed by atoms with van der Waals surface area (Å²) in [5.41, 5.74) is 0.217. The van der Waals surface area contributed by atoms with Crippen LogP contribution in [-0.2, 0) is 16.3 Å². The van der Waals surface area contributed by atoms with Crippen LogP contribution in [0.15, 0.2) is 43.0 Å². The number of aromatic nitrogens is 2. The summed E-state index contributed by atoms with van der Waals surface area (Å²) in [6.45, 7) is 1.36. The van der Waals surface area contributed by atoms with Crippen molar-refractivity contribution in [1.29, 1.82) is 0 Å². The molecule has 19 heavy (non-hydrogen) atoms. The van der Waals surface area contributed by atoms with Crippen molar-refractivity contribution in [2.24, 2.45) is 0 Å². The SMILES string of the molecule is CC(=O)Oc1ccccc1C(=O)OC[n+]1cc[nH]c1. The monoisotopic (exact) mass is 261 g/mol. The van der Waals surface area contributed by atoms with E-state index in [-0.39, 0.29) is 18.0 Å². The van der Waals surface area contributed by atoms with E-state index < -0.39 is 11.9 Å². The van der Waals surface area contributed by atoms with Gasteiger partial charge in [-0.05, 0) is 12.1 Å². The number of rotatable bonds is 4. The Hall–Kier alpha value is -2.63. The average Bonchev–Trinajstić information content (AvgIpc) is 2.89. The molecule has 0 aliphatic carbocycles. The van der Waals surface area contributed by atoms with Crippen LogP contribution in [0.3, 0.4) is 0 Å². The number of nitrogens with one attached hydrogen (secondary N) is 1. The normalized spacial score (nSPS) is 9.95. The molecule has 98 valence electrons. The van der Waals surface area contributed by atoms with E-state index in [1.807, 2.05) is 0 Å². The molecule has 0 saturated carbocycles. The lowest BCUT2D eigenvalue weighted by atomic mass is 10.2. The van der Waals surface area contributed by atoms with Crippen LogP contribution in [0.25, 0.3) is 0 Å². The molecule has 2 aromatic rings. The highest BCUT2D eigenvalue weighted by Crippen LogP contribution is 2.19. The van der Waals surface area contributed by atoms with Crippen LogP contribution in [0.4, 0.5) is 0 Å². The van der Waals surface area contributed by atoms with Gasteiger partial charge in [-0.15, -0.1) is 0 Å². The predicted octanol–water partition coefficient (Wildman–Crippen LogP) is 1.04. The fourth-order valence-electron chi connectivity index (χ4n) is 1.49. The molecule has 0 radical (unpaired) electrons. The fourth-order valence-corrected chi connectivity index (χ4v) is 1.49. The van der Waals surface area contributed by atoms with Gasteiger partial charge in [-0.3, -0.25) is 9.78 Å². The number of ether oxygens (including phenoxy) is 2. The zero-order valence-corrected chi connectivity index (χ0v) is 10.3. The minimum Gasteiger partial charge on any atom is -0.426 e. The molecule has 1 aromatic heterocycles. The third-order valence-corrected chi connectivity index (χ3v) is 2.31. The summed E-state index contributed by atoms with van der Waals surface area (Å²) in [6.07, 6.45) is 5.09. The largest absolute Gasteiger partial charge is 0.426 e. The molecule has 0 saturated heterocycles. The van der Waals surface area contributed by atoms with Crippen molar-refractivity contribution in [3.05, 3.63) is 48.5 Å². The maximum atomic E-state index is 11.9. The standard InChI is InChI=1S/C13H12N2O4/c1-10(16)19-12-5-3-2-4-11(12)13(17)18-9-15-7-6-14-8-15/h2-8H,9H2,1H3/p+1. The first-order valence-corrected chi connectivity index (χ1v) is 5.63. The highest BCUT2D eigenvalue weighted by molar-refractivity contribution is 5.93. The Morgan fingerprint density at radius 3 is 2.79 bits per heavy atom. The van der Waals surface area contributed by atoms with Gasteiger partial charge < -0.3 is 9.47 Å². The van der Waals surface area contributed by atoms with Crippen molar-refractivity contribution in [1.82, 2.24) is 4.98 Å². The predicted molar refractivity (Wildman–Crippen MR) is 64.2 cm³/mol. The van der Waals surface area contributed by atoms with E-state index >= 15 is 0 Å². The number of hydrogen-bond donors (Lipinski definition) is 1. The van der Waals surface area contributed by atoms with Gasteiger partial charge in [0.2, 0.25) is 13.1 Å². The summed E-state index contributed by atoms with van der Waals surface area (Å²) < 4.78 is 11.7. The van der Waals surface area contributed by atoms with E-state index in [0.29, 0.717) is 0 Å². The molecular formula is C13H13N2O4+. The topological polar surface area (TPSA) is 72.3 Å². The molecule has 0 bridgehead atoms. The van der Waals surface area contributed by atoms with Crippen LogP contribution in [0.2, 0.25) is 0 Å². The first-order chi connectivity index (χ1) is 9.16. The minimum absolute atomic E-state index is 0.0801. The Bertz CT molecular complexity index is 578. The van der Waals surface area contributed by atoms with Crippen molar-refractivity contribution in [2.45, 2.75) is 13.7 Å². The Labute approximate surface area is 109 Å². The van der Waals surface area contributed by atoms with Crippen LogP contribution >= 0.6 is 0 Å². The Morgan fingerprint density at radius 2 is 2.11 bits per heavy atom. The van der Waals surface area contributed by atoms with Crippen LogP contribution in [-0.4, -0.2) is 16.9 Å². The van der Waals surface area contributed by atoms with Gasteiger partial charge in [0.05, 0.1) is 0 Å². The van der Waals surface area contributed by atoms with Gasteiger partial charge in [0, 0.05) is 6.92 Å². The number of H-pyrrole nitrogens is 1. The van der Waals surface area contributed by atoms with Gasteiger partial charge in [-0.1, -0.05) is 12.1 Å². The highest BCUT2D eigenvalue weighted by Gasteiger charge is 2.15. The van der Waals surface area contributed by atoms with Crippen molar-refractivity contribution < 1.29 is 23.6 Å². The number of carbonyl (C=O) groups is 2. The highest BCUT2D eigenvalue weighted by atomic mass is 16.6. The molecule has 0 amide bonds. The van der Waals surface area contributed by atoms with Crippen molar-refractivity contribution in [2.75, 3.05) is 0 Å². The summed E-state index contributed by atoms with van der Waals surface area (Å²) in [5.74, 6) is -0.843. The van der Waals surface area contributed by atoms with Gasteiger partial charge in [-0.25, -0.2) is 9.36 Å². The van der Waals surface area contributed by atoms with Gasteiger partial charge in [-0.2, -0.15) is 0 Å². The summed E-state index contributed by atoms with van der Waals surface area (Å²) in [4.78, 5) is 25.7. The second kappa shape index (κ2) is 5.81. The molecule has 0 atom stereocenters. The molecule has 6 nitrogen and oxygen atoms in total. The van der Waals surface area contributed by atoms with Crippen LogP contribution in [0.1, 0.15) is 17.3 Å². The molecule has 1 heterocycles. The van der Waals surface area contributed by atoms with Crippen LogP contribution < -0.4 is 9.30 Å². The molecule has 0 aliphatic rings. The first kappa shape index (κ1) is 12.8. The van der Waals surface area contributed by atoms with Crippen LogP contribution in [0.5, 0.6) is 5.75 Å². The van der Waals surface area contributed by atoms with E-state index in [9.17, 15) is 9.59 Å². The lowest BCUT2D eigenvalue weighted by Crippen LogP contribution is -2.33. The molecule has 0 aliphatic heterocycles. The Morgan fingerprint density at radius 1 is 1.32 bits per heavy atom. The zero-order chi connectivity index (χ0) is 13.7. The lowest BCUT2D eigenvalue weighted by molar-refractivity contribution is -0.725. The van der Waals surface area contributed by atoms with Gasteiger partial charge in [0.15, 0.2) is 0 Å². The number of para-hydroxylation sites is 1. The number of carbonyl (C=O) groups excluding carboxylic acids is 2. The van der Waals surface area contributed by atoms with E-state index in [1.165, 1.54) is 6.92 Å². The minimum atomic E-state index is -0.550. The molecule has 1 aromatic carbocycles. The van der Waals surface area contributed by atoms with Crippen molar-refractivity contribution in [3.63, 3.8) is 0 Å². The van der Waals surface area contributed by atoms with E-state index in [2.05, 4.69) is 4.98 Å². The average molecular weight is 261 g/mol. The van der Waals surface area contributed by atoms with E-state index in [4.69, 9.17) is 9.47 Å². The van der Waals surface area contributed by atoms with E-state index in [0.717, 1.165) is 0 Å². The summed E-state index contributed by atoms with van der Waals surface area (Å²) in [7, 11) is 0. The Balaban J connectivity index is 2.08. The molecule has 0 fully saturated rings. The van der Waals surface area contributed by atoms with Crippen molar-refractivity contribution >= 4 is 11.9 Å². The van der Waals surface area contributed by atoms with Crippen molar-refractivity contribution in [3.8, 4) is 5.75 Å². The van der Waals surface area contributed by atoms with Crippen LogP contribution in [0, 0.1) is 0 Å². The summed E-state index contributed by atoms with van der Waals surface area (Å²) in [5, 5.41) is 0. The number of esters is 2. The summed E-state index contributed by atoms with van der Waals surface area (Å²) in [6, 6.07) is 6.44. The quantitative estimate of drug-likeness (QED) is 0.507. The Kier molecular flexibility index (Phi) is 3.92. The number of benzene rings is 1. The smallest absolute Gasteiger partial charge is 0.345 e. The molecular weight excluding hydrogens is 248 g/mol. The van der Waals surface area contributed by atoms with Gasteiger partial charge in [0.1, 0.15) is 23.7 Å². The number of nitrogens with zero attached hydrogens (tertiary/aromatic N) is 1. The molecule has 0 spiro atoms.